The number of carbonyl (C=O) groups is 1. The van der Waals surface area contributed by atoms with Gasteiger partial charge >= 0.3 is 12.4 Å². The highest BCUT2D eigenvalue weighted by Crippen LogP contribution is 2.43. The lowest BCUT2D eigenvalue weighted by molar-refractivity contribution is -0.140. The van der Waals surface area contributed by atoms with E-state index in [0.29, 0.717) is 36.3 Å². The van der Waals surface area contributed by atoms with E-state index in [4.69, 9.17) is 4.74 Å². The van der Waals surface area contributed by atoms with Gasteiger partial charge in [0, 0.05) is 22.3 Å². The molecule has 3 aromatic carbocycles. The molecule has 16 heteroatoms. The third-order valence-corrected chi connectivity index (χ3v) is 9.85. The molecule has 7 nitrogen and oxygen atoms in total. The third kappa shape index (κ3) is 6.26. The topological polar surface area (TPSA) is 87.7 Å². The average molecular weight is 662 g/mol. The van der Waals surface area contributed by atoms with E-state index in [2.05, 4.69) is 10.6 Å². The Labute approximate surface area is 250 Å². The van der Waals surface area contributed by atoms with E-state index in [1.54, 1.807) is 0 Å². The van der Waals surface area contributed by atoms with Crippen LogP contribution in [0.15, 0.2) is 54.6 Å². The maximum Gasteiger partial charge on any atom is 0.419 e. The number of ether oxygens (including phenoxy) is 1. The third-order valence-electron chi connectivity index (χ3n) is 6.83. The Morgan fingerprint density at radius 1 is 0.955 bits per heavy atom. The molecule has 2 N–H and O–H groups in total. The molecular formula is C28H22F7N3O4S2. The highest BCUT2D eigenvalue weighted by molar-refractivity contribution is 7.92. The SMILES string of the molecule is COc1ccc(N2CCCCS2(=O)=O)cc1Nc1c(C(=O)Nc2ccc(F)c(C(F)(F)F)c2)sc2cc(C(F)(F)F)ccc12. The first-order valence-electron chi connectivity index (χ1n) is 12.9. The number of hydrogen-bond acceptors (Lipinski definition) is 6. The van der Waals surface area contributed by atoms with Crippen molar-refractivity contribution in [2.75, 3.05) is 34.3 Å². The zero-order valence-electron chi connectivity index (χ0n) is 22.6. The van der Waals surface area contributed by atoms with E-state index in [0.717, 1.165) is 24.3 Å². The zero-order chi connectivity index (χ0) is 32.0. The number of rotatable bonds is 6. The van der Waals surface area contributed by atoms with Crippen molar-refractivity contribution in [3.8, 4) is 5.75 Å². The van der Waals surface area contributed by atoms with Gasteiger partial charge in [-0.25, -0.2) is 12.8 Å². The summed E-state index contributed by atoms with van der Waals surface area (Å²) in [5, 5.41) is 5.40. The summed E-state index contributed by atoms with van der Waals surface area (Å²) in [5.74, 6) is -2.39. The number of fused-ring (bicyclic) bond motifs is 1. The molecule has 2 heterocycles. The molecule has 44 heavy (non-hydrogen) atoms. The van der Waals surface area contributed by atoms with E-state index in [1.165, 1.54) is 29.6 Å². The van der Waals surface area contributed by atoms with E-state index in [-0.39, 0.29) is 50.1 Å². The fraction of sp³-hybridized carbons (Fsp3) is 0.250. The fourth-order valence-corrected chi connectivity index (χ4v) is 7.45. The number of nitrogens with one attached hydrogen (secondary N) is 2. The normalized spacial score (nSPS) is 15.3. The van der Waals surface area contributed by atoms with Crippen LogP contribution in [0.3, 0.4) is 0 Å². The summed E-state index contributed by atoms with van der Waals surface area (Å²) in [6.07, 6.45) is -8.63. The van der Waals surface area contributed by atoms with Gasteiger partial charge in [0.1, 0.15) is 16.4 Å². The quantitative estimate of drug-likeness (QED) is 0.205. The van der Waals surface area contributed by atoms with Gasteiger partial charge in [-0.15, -0.1) is 11.3 Å². The smallest absolute Gasteiger partial charge is 0.419 e. The van der Waals surface area contributed by atoms with Crippen LogP contribution in [-0.2, 0) is 22.4 Å². The summed E-state index contributed by atoms with van der Waals surface area (Å²) in [7, 11) is -2.28. The number of thiophene rings is 1. The maximum absolute atomic E-state index is 13.8. The Bertz CT molecular complexity index is 1850. The Hall–Kier alpha value is -4.05. The molecule has 1 fully saturated rings. The first-order chi connectivity index (χ1) is 20.6. The van der Waals surface area contributed by atoms with Gasteiger partial charge in [0.05, 0.1) is 41.1 Å². The van der Waals surface area contributed by atoms with Crippen LogP contribution in [0.25, 0.3) is 10.1 Å². The van der Waals surface area contributed by atoms with Crippen molar-refractivity contribution in [3.05, 3.63) is 76.4 Å². The molecule has 0 aliphatic carbocycles. The minimum Gasteiger partial charge on any atom is -0.495 e. The molecule has 1 aliphatic heterocycles. The molecule has 0 atom stereocenters. The zero-order valence-corrected chi connectivity index (χ0v) is 24.2. The van der Waals surface area contributed by atoms with Crippen LogP contribution in [0, 0.1) is 5.82 Å². The summed E-state index contributed by atoms with van der Waals surface area (Å²) < 4.78 is 126. The average Bonchev–Trinajstić information content (AvgIpc) is 3.30. The number of nitrogens with zero attached hydrogens (tertiary/aromatic N) is 1. The first kappa shape index (κ1) is 31.4. The van der Waals surface area contributed by atoms with Crippen LogP contribution in [0.4, 0.5) is 53.5 Å². The fourth-order valence-electron chi connectivity index (χ4n) is 4.73. The van der Waals surface area contributed by atoms with Gasteiger partial charge in [-0.05, 0) is 61.4 Å². The summed E-state index contributed by atoms with van der Waals surface area (Å²) >= 11 is 0.641. The Kier molecular flexibility index (Phi) is 8.18. The Morgan fingerprint density at radius 3 is 2.36 bits per heavy atom. The largest absolute Gasteiger partial charge is 0.495 e. The van der Waals surface area contributed by atoms with E-state index in [1.807, 2.05) is 0 Å². The van der Waals surface area contributed by atoms with Crippen molar-refractivity contribution in [2.24, 2.45) is 0 Å². The van der Waals surface area contributed by atoms with Gasteiger partial charge < -0.3 is 15.4 Å². The molecule has 234 valence electrons. The molecule has 1 aromatic heterocycles. The van der Waals surface area contributed by atoms with E-state index >= 15 is 0 Å². The summed E-state index contributed by atoms with van der Waals surface area (Å²) in [6.45, 7) is 0.223. The molecule has 1 aliphatic rings. The molecule has 0 radical (unpaired) electrons. The number of halogens is 7. The maximum atomic E-state index is 13.8. The van der Waals surface area contributed by atoms with E-state index in [9.17, 15) is 43.9 Å². The van der Waals surface area contributed by atoms with Crippen molar-refractivity contribution < 1.29 is 48.7 Å². The second-order valence-corrected chi connectivity index (χ2v) is 12.8. The molecule has 0 spiro atoms. The number of anilines is 4. The number of alkyl halides is 6. The number of hydrogen-bond donors (Lipinski definition) is 2. The van der Waals surface area contributed by atoms with Gasteiger partial charge in [-0.1, -0.05) is 6.07 Å². The lowest BCUT2D eigenvalue weighted by Crippen LogP contribution is -2.37. The monoisotopic (exact) mass is 661 g/mol. The number of methoxy groups -OCH3 is 1. The molecule has 4 aromatic rings. The van der Waals surface area contributed by atoms with Gasteiger partial charge in [0.2, 0.25) is 10.0 Å². The second kappa shape index (κ2) is 11.5. The van der Waals surface area contributed by atoms with Gasteiger partial charge in [-0.2, -0.15) is 26.3 Å². The predicted molar refractivity (Wildman–Crippen MR) is 153 cm³/mol. The summed E-state index contributed by atoms with van der Waals surface area (Å²) in [6, 6.07) is 9.08. The van der Waals surface area contributed by atoms with Crippen molar-refractivity contribution in [1.29, 1.82) is 0 Å². The lowest BCUT2D eigenvalue weighted by Gasteiger charge is -2.29. The molecule has 5 rings (SSSR count). The molecule has 1 saturated heterocycles. The number of sulfonamides is 1. The minimum atomic E-state index is -5.05. The molecule has 0 saturated carbocycles. The van der Waals surface area contributed by atoms with Crippen molar-refractivity contribution in [3.63, 3.8) is 0 Å². The standard InChI is InChI=1S/C28H22F7N3O4S2/c1-42-22-9-6-17(38-10-2-3-11-44(38,40)41)14-21(22)37-24-18-7-4-15(27(30,31)32)12-23(18)43-25(24)26(39)36-16-5-8-20(29)19(13-16)28(33,34)35/h4-9,12-14,37H,2-3,10-11H2,1H3,(H,36,39). The van der Waals surface area contributed by atoms with Crippen LogP contribution in [0.1, 0.15) is 33.6 Å². The van der Waals surface area contributed by atoms with Crippen molar-refractivity contribution in [2.45, 2.75) is 25.2 Å². The number of benzene rings is 3. The summed E-state index contributed by atoms with van der Waals surface area (Å²) in [5.41, 5.74) is -2.57. The second-order valence-electron chi connectivity index (χ2n) is 9.77. The van der Waals surface area contributed by atoms with Crippen LogP contribution >= 0.6 is 11.3 Å². The molecule has 0 unspecified atom stereocenters. The van der Waals surface area contributed by atoms with Crippen LogP contribution in [0.2, 0.25) is 0 Å². The number of carbonyl (C=O) groups excluding carboxylic acids is 1. The van der Waals surface area contributed by atoms with Crippen molar-refractivity contribution in [1.82, 2.24) is 0 Å². The van der Waals surface area contributed by atoms with Gasteiger partial charge in [0.15, 0.2) is 0 Å². The van der Waals surface area contributed by atoms with E-state index < -0.39 is 50.9 Å². The number of amides is 1. The lowest BCUT2D eigenvalue weighted by atomic mass is 10.1. The van der Waals surface area contributed by atoms with Crippen LogP contribution < -0.4 is 19.7 Å². The molecule has 1 amide bonds. The molecular weight excluding hydrogens is 639 g/mol. The molecule has 0 bridgehead atoms. The Morgan fingerprint density at radius 2 is 1.70 bits per heavy atom. The van der Waals surface area contributed by atoms with Gasteiger partial charge in [-0.3, -0.25) is 9.10 Å². The first-order valence-corrected chi connectivity index (χ1v) is 15.3. The highest BCUT2D eigenvalue weighted by atomic mass is 32.2. The Balaban J connectivity index is 1.60. The van der Waals surface area contributed by atoms with Crippen LogP contribution in [-0.4, -0.2) is 33.7 Å². The van der Waals surface area contributed by atoms with Gasteiger partial charge in [0.25, 0.3) is 5.91 Å². The summed E-state index contributed by atoms with van der Waals surface area (Å²) in [4.78, 5) is 13.2. The van der Waals surface area contributed by atoms with Crippen molar-refractivity contribution >= 4 is 60.1 Å². The van der Waals surface area contributed by atoms with Crippen LogP contribution in [0.5, 0.6) is 5.75 Å². The predicted octanol–water partition coefficient (Wildman–Crippen LogP) is 8.01. The minimum absolute atomic E-state index is 0.00803. The highest BCUT2D eigenvalue weighted by Gasteiger charge is 2.35.